The number of hydrogen-bond acceptors (Lipinski definition) is 5. The molecule has 1 aliphatic carbocycles. The quantitative estimate of drug-likeness (QED) is 0.348. The van der Waals surface area contributed by atoms with Gasteiger partial charge in [0.1, 0.15) is 5.69 Å². The zero-order valence-corrected chi connectivity index (χ0v) is 17.5. The molecule has 0 aromatic heterocycles. The lowest BCUT2D eigenvalue weighted by atomic mass is 9.81. The maximum absolute atomic E-state index is 12.9. The number of nitro groups is 1. The van der Waals surface area contributed by atoms with Crippen LogP contribution in [0, 0.1) is 22.0 Å². The first-order valence-corrected chi connectivity index (χ1v) is 10.9. The summed E-state index contributed by atoms with van der Waals surface area (Å²) in [6.45, 7) is 0.410. The molecule has 2 fully saturated rings. The van der Waals surface area contributed by atoms with Crippen LogP contribution in [0.2, 0.25) is 0 Å². The summed E-state index contributed by atoms with van der Waals surface area (Å²) < 4.78 is 0. The molecule has 162 valence electrons. The van der Waals surface area contributed by atoms with Crippen LogP contribution < -0.4 is 10.2 Å². The minimum absolute atomic E-state index is 0.154. The van der Waals surface area contributed by atoms with Gasteiger partial charge in [0.05, 0.1) is 22.4 Å². The van der Waals surface area contributed by atoms with E-state index >= 15 is 0 Å². The molecule has 7 heteroatoms. The van der Waals surface area contributed by atoms with Crippen LogP contribution in [0.5, 0.6) is 0 Å². The summed E-state index contributed by atoms with van der Waals surface area (Å²) in [5, 5.41) is 17.1. The third kappa shape index (κ3) is 3.39. The van der Waals surface area contributed by atoms with Crippen molar-refractivity contribution in [2.24, 2.45) is 11.8 Å². The fraction of sp³-hybridized carbons (Fsp3) is 0.280. The average Bonchev–Trinajstić information content (AvgIpc) is 3.07. The van der Waals surface area contributed by atoms with E-state index in [0.717, 1.165) is 34.1 Å². The van der Waals surface area contributed by atoms with Crippen molar-refractivity contribution in [1.82, 2.24) is 0 Å². The molecule has 0 unspecified atom stereocenters. The Bertz CT molecular complexity index is 1210. The molecule has 1 heterocycles. The number of carbonyl (C=O) groups excluding carboxylic acids is 2. The van der Waals surface area contributed by atoms with E-state index < -0.39 is 4.92 Å². The first-order chi connectivity index (χ1) is 15.5. The summed E-state index contributed by atoms with van der Waals surface area (Å²) in [6, 6.07) is 18.5. The lowest BCUT2D eigenvalue weighted by Crippen LogP contribution is -2.30. The predicted molar refractivity (Wildman–Crippen MR) is 122 cm³/mol. The number of nitro benzene ring substituents is 1. The number of rotatable bonds is 5. The van der Waals surface area contributed by atoms with E-state index in [0.29, 0.717) is 25.1 Å². The molecule has 1 saturated carbocycles. The number of carbonyl (C=O) groups is 2. The molecule has 5 rings (SSSR count). The number of nitrogens with one attached hydrogen (secondary N) is 1. The second-order valence-corrected chi connectivity index (χ2v) is 8.46. The lowest BCUT2D eigenvalue weighted by molar-refractivity contribution is -0.383. The lowest BCUT2D eigenvalue weighted by Gasteiger charge is -2.19. The molecule has 32 heavy (non-hydrogen) atoms. The van der Waals surface area contributed by atoms with Gasteiger partial charge in [-0.3, -0.25) is 19.7 Å². The molecular weight excluding hydrogens is 406 g/mol. The highest BCUT2D eigenvalue weighted by molar-refractivity contribution is 6.22. The standard InChI is InChI=1S/C25H23N3O4/c29-24-20-10-3-4-11-21(20)25(30)27(24)18-12-13-22(23(14-18)28(31)32)26-15-17-8-5-7-16-6-1-2-9-19(16)17/h1-2,5-9,12-14,20-21,26H,3-4,10-11,15H2/t20-,21-/m0/s1. The second kappa shape index (κ2) is 8.07. The highest BCUT2D eigenvalue weighted by Crippen LogP contribution is 2.41. The van der Waals surface area contributed by atoms with E-state index in [4.69, 9.17) is 0 Å². The minimum atomic E-state index is -0.479. The number of amides is 2. The largest absolute Gasteiger partial charge is 0.375 e. The van der Waals surface area contributed by atoms with Crippen LogP contribution in [0.1, 0.15) is 31.2 Å². The van der Waals surface area contributed by atoms with E-state index in [-0.39, 0.29) is 35.0 Å². The van der Waals surface area contributed by atoms with Gasteiger partial charge in [0, 0.05) is 12.6 Å². The van der Waals surface area contributed by atoms with Gasteiger partial charge < -0.3 is 5.32 Å². The van der Waals surface area contributed by atoms with E-state index in [1.165, 1.54) is 6.07 Å². The Morgan fingerprint density at radius 2 is 1.62 bits per heavy atom. The highest BCUT2D eigenvalue weighted by atomic mass is 16.6. The number of fused-ring (bicyclic) bond motifs is 2. The van der Waals surface area contributed by atoms with Crippen molar-refractivity contribution in [2.45, 2.75) is 32.2 Å². The molecular formula is C25H23N3O4. The third-order valence-corrected chi connectivity index (χ3v) is 6.63. The first kappa shape index (κ1) is 20.2. The topological polar surface area (TPSA) is 92.6 Å². The summed E-state index contributed by atoms with van der Waals surface area (Å²) in [7, 11) is 0. The van der Waals surface area contributed by atoms with Crippen molar-refractivity contribution in [3.63, 3.8) is 0 Å². The Morgan fingerprint density at radius 1 is 0.938 bits per heavy atom. The van der Waals surface area contributed by atoms with Gasteiger partial charge in [-0.2, -0.15) is 0 Å². The summed E-state index contributed by atoms with van der Waals surface area (Å²) >= 11 is 0. The Morgan fingerprint density at radius 3 is 2.34 bits per heavy atom. The molecule has 1 saturated heterocycles. The third-order valence-electron chi connectivity index (χ3n) is 6.63. The molecule has 1 N–H and O–H groups in total. The molecule has 2 atom stereocenters. The highest BCUT2D eigenvalue weighted by Gasteiger charge is 2.49. The number of hydrogen-bond donors (Lipinski definition) is 1. The van der Waals surface area contributed by atoms with Crippen LogP contribution in [-0.4, -0.2) is 16.7 Å². The Hall–Kier alpha value is -3.74. The van der Waals surface area contributed by atoms with Gasteiger partial charge >= 0.3 is 0 Å². The Kier molecular flexibility index (Phi) is 5.09. The normalized spacial score (nSPS) is 20.4. The van der Waals surface area contributed by atoms with Crippen molar-refractivity contribution in [1.29, 1.82) is 0 Å². The van der Waals surface area contributed by atoms with Crippen LogP contribution >= 0.6 is 0 Å². The fourth-order valence-corrected chi connectivity index (χ4v) is 5.01. The summed E-state index contributed by atoms with van der Waals surface area (Å²) in [6.07, 6.45) is 3.29. The molecule has 3 aromatic rings. The van der Waals surface area contributed by atoms with Crippen molar-refractivity contribution in [3.8, 4) is 0 Å². The smallest absolute Gasteiger partial charge is 0.294 e. The molecule has 0 radical (unpaired) electrons. The number of anilines is 2. The Balaban J connectivity index is 1.43. The zero-order valence-electron chi connectivity index (χ0n) is 17.5. The van der Waals surface area contributed by atoms with E-state index in [9.17, 15) is 19.7 Å². The van der Waals surface area contributed by atoms with Gasteiger partial charge in [-0.25, -0.2) is 4.90 Å². The summed E-state index contributed by atoms with van der Waals surface area (Å²) in [5.41, 5.74) is 1.49. The van der Waals surface area contributed by atoms with Gasteiger partial charge in [0.25, 0.3) is 5.69 Å². The van der Waals surface area contributed by atoms with Gasteiger partial charge in [0.2, 0.25) is 11.8 Å². The molecule has 0 spiro atoms. The molecule has 7 nitrogen and oxygen atoms in total. The van der Waals surface area contributed by atoms with Crippen LogP contribution in [0.15, 0.2) is 60.7 Å². The van der Waals surface area contributed by atoms with Crippen molar-refractivity contribution >= 4 is 39.6 Å². The van der Waals surface area contributed by atoms with Crippen LogP contribution in [0.4, 0.5) is 17.1 Å². The number of nitrogens with zero attached hydrogens (tertiary/aromatic N) is 2. The van der Waals surface area contributed by atoms with Crippen LogP contribution in [0.25, 0.3) is 10.8 Å². The molecule has 1 aliphatic heterocycles. The van der Waals surface area contributed by atoms with Crippen LogP contribution in [-0.2, 0) is 16.1 Å². The van der Waals surface area contributed by atoms with Gasteiger partial charge in [-0.05, 0) is 41.3 Å². The van der Waals surface area contributed by atoms with Crippen LogP contribution in [0.3, 0.4) is 0 Å². The van der Waals surface area contributed by atoms with E-state index in [2.05, 4.69) is 5.32 Å². The van der Waals surface area contributed by atoms with E-state index in [1.807, 2.05) is 42.5 Å². The minimum Gasteiger partial charge on any atom is -0.375 e. The first-order valence-electron chi connectivity index (χ1n) is 10.9. The van der Waals surface area contributed by atoms with Crippen molar-refractivity contribution in [3.05, 3.63) is 76.3 Å². The number of imide groups is 1. The van der Waals surface area contributed by atoms with E-state index in [1.54, 1.807) is 12.1 Å². The fourth-order valence-electron chi connectivity index (χ4n) is 5.01. The zero-order chi connectivity index (χ0) is 22.2. The maximum atomic E-state index is 12.9. The van der Waals surface area contributed by atoms with Gasteiger partial charge in [-0.1, -0.05) is 55.3 Å². The Labute approximate surface area is 185 Å². The van der Waals surface area contributed by atoms with Gasteiger partial charge in [0.15, 0.2) is 0 Å². The monoisotopic (exact) mass is 429 g/mol. The van der Waals surface area contributed by atoms with Gasteiger partial charge in [-0.15, -0.1) is 0 Å². The predicted octanol–water partition coefficient (Wildman–Crippen LogP) is 5.04. The summed E-state index contributed by atoms with van der Waals surface area (Å²) in [4.78, 5) is 38.2. The molecule has 2 aliphatic rings. The molecule has 2 amide bonds. The van der Waals surface area contributed by atoms with Crippen molar-refractivity contribution < 1.29 is 14.5 Å². The summed E-state index contributed by atoms with van der Waals surface area (Å²) in [5.74, 6) is -1.05. The molecule has 3 aromatic carbocycles. The average molecular weight is 429 g/mol. The maximum Gasteiger partial charge on any atom is 0.294 e. The van der Waals surface area contributed by atoms with Crippen molar-refractivity contribution in [2.75, 3.05) is 10.2 Å². The second-order valence-electron chi connectivity index (χ2n) is 8.46. The molecule has 0 bridgehead atoms. The SMILES string of the molecule is O=C1[C@H]2CCCC[C@@H]2C(=O)N1c1ccc(NCc2cccc3ccccc23)c([N+](=O)[O-])c1. The number of benzene rings is 3.